The van der Waals surface area contributed by atoms with Gasteiger partial charge in [0.1, 0.15) is 0 Å². The largest absolute Gasteiger partial charge is 0.379 e. The van der Waals surface area contributed by atoms with Crippen molar-refractivity contribution in [3.05, 3.63) is 0 Å². The van der Waals surface area contributed by atoms with E-state index in [1.807, 2.05) is 6.92 Å². The first kappa shape index (κ1) is 23.8. The van der Waals surface area contributed by atoms with Gasteiger partial charge >= 0.3 is 0 Å². The van der Waals surface area contributed by atoms with Gasteiger partial charge in [-0.1, -0.05) is 19.8 Å². The summed E-state index contributed by atoms with van der Waals surface area (Å²) in [5, 5.41) is 17.5. The summed E-state index contributed by atoms with van der Waals surface area (Å²) >= 11 is 0. The Morgan fingerprint density at radius 3 is 2.06 bits per heavy atom. The molecule has 92 valence electrons. The second-order valence-electron chi connectivity index (χ2n) is 4.68. The minimum atomic E-state index is -1.17. The van der Waals surface area contributed by atoms with Crippen molar-refractivity contribution >= 4 is 0 Å². The Balaban J connectivity index is -0.000000845. The van der Waals surface area contributed by atoms with Gasteiger partial charge in [-0.15, -0.1) is 0 Å². The van der Waals surface area contributed by atoms with Crippen LogP contribution in [-0.4, -0.2) is 29.2 Å². The number of hydrogen-bond acceptors (Lipinski definition) is 3. The standard InChI is InChI=1S/C11H24O3.2Ac/c1-9(8-10(12)13)6-5-7-11(2,3)14-4;;/h9-10,12-13H,5-8H2,1-4H3;;/t9-;;/m0../s1. The van der Waals surface area contributed by atoms with Crippen LogP contribution in [0.3, 0.4) is 0 Å². The monoisotopic (exact) mass is 658 g/mol. The molecule has 1 atom stereocenters. The first-order valence-corrected chi connectivity index (χ1v) is 5.28. The quantitative estimate of drug-likeness (QED) is 0.412. The van der Waals surface area contributed by atoms with Crippen molar-refractivity contribution in [1.82, 2.24) is 0 Å². The Morgan fingerprint density at radius 2 is 1.69 bits per heavy atom. The summed E-state index contributed by atoms with van der Waals surface area (Å²) < 4.78 is 5.30. The van der Waals surface area contributed by atoms with Crippen LogP contribution < -0.4 is 0 Å². The van der Waals surface area contributed by atoms with Crippen LogP contribution in [0, 0.1) is 94.0 Å². The van der Waals surface area contributed by atoms with E-state index in [1.54, 1.807) is 7.11 Å². The fourth-order valence-corrected chi connectivity index (χ4v) is 1.46. The Hall–Kier alpha value is 2.76. The number of aliphatic hydroxyl groups is 2. The molecular weight excluding hydrogens is 634 g/mol. The Labute approximate surface area is 171 Å². The predicted octanol–water partition coefficient (Wildman–Crippen LogP) is 1.92. The number of methoxy groups -OCH3 is 1. The van der Waals surface area contributed by atoms with Crippen molar-refractivity contribution in [3.8, 4) is 0 Å². The van der Waals surface area contributed by atoms with Crippen molar-refractivity contribution in [2.24, 2.45) is 5.92 Å². The van der Waals surface area contributed by atoms with Gasteiger partial charge in [0.2, 0.25) is 0 Å². The number of rotatable bonds is 7. The van der Waals surface area contributed by atoms with Crippen LogP contribution in [-0.2, 0) is 4.74 Å². The second-order valence-corrected chi connectivity index (χ2v) is 4.68. The third-order valence-corrected chi connectivity index (χ3v) is 2.64. The maximum absolute atomic E-state index is 8.76. The zero-order valence-corrected chi connectivity index (χ0v) is 20.4. The average molecular weight is 658 g/mol. The topological polar surface area (TPSA) is 49.7 Å². The van der Waals surface area contributed by atoms with Crippen molar-refractivity contribution in [2.45, 2.75) is 58.3 Å². The molecule has 0 aliphatic heterocycles. The van der Waals surface area contributed by atoms with Crippen molar-refractivity contribution in [1.29, 1.82) is 0 Å². The molecule has 5 heteroatoms. The van der Waals surface area contributed by atoms with E-state index in [-0.39, 0.29) is 93.7 Å². The summed E-state index contributed by atoms with van der Waals surface area (Å²) in [6, 6.07) is 0. The molecular formula is C11H24Ac2O3. The molecule has 0 heterocycles. The maximum atomic E-state index is 8.76. The van der Waals surface area contributed by atoms with Crippen molar-refractivity contribution in [3.63, 3.8) is 0 Å². The van der Waals surface area contributed by atoms with Gasteiger partial charge in [0.25, 0.3) is 0 Å². The third kappa shape index (κ3) is 14.8. The van der Waals surface area contributed by atoms with E-state index in [4.69, 9.17) is 14.9 Å². The van der Waals surface area contributed by atoms with Crippen LogP contribution in [0.4, 0.5) is 0 Å². The third-order valence-electron chi connectivity index (χ3n) is 2.64. The summed E-state index contributed by atoms with van der Waals surface area (Å²) in [7, 11) is 1.72. The SMILES string of the molecule is COC(C)(C)CCC[C@H](C)CC(O)O.[Ac].[Ac]. The van der Waals surface area contributed by atoms with Gasteiger partial charge in [-0.25, -0.2) is 0 Å². The molecule has 0 bridgehead atoms. The Kier molecular flexibility index (Phi) is 19.0. The molecule has 0 fully saturated rings. The number of ether oxygens (including phenoxy) is 1. The van der Waals surface area contributed by atoms with E-state index in [9.17, 15) is 0 Å². The molecule has 3 nitrogen and oxygen atoms in total. The average Bonchev–Trinajstić information content (AvgIpc) is 2.02. The fourth-order valence-electron chi connectivity index (χ4n) is 1.46. The van der Waals surface area contributed by atoms with Crippen molar-refractivity contribution in [2.75, 3.05) is 7.11 Å². The summed E-state index contributed by atoms with van der Waals surface area (Å²) in [5.74, 6) is 0.364. The normalized spacial score (nSPS) is 12.9. The van der Waals surface area contributed by atoms with Crippen LogP contribution in [0.1, 0.15) is 46.5 Å². The number of hydrogen-bond donors (Lipinski definition) is 2. The zero-order chi connectivity index (χ0) is 11.2. The molecule has 0 aliphatic carbocycles. The number of aliphatic hydroxyl groups excluding tert-OH is 1. The van der Waals surface area contributed by atoms with E-state index in [2.05, 4.69) is 13.8 Å². The van der Waals surface area contributed by atoms with Crippen LogP contribution in [0.5, 0.6) is 0 Å². The van der Waals surface area contributed by atoms with E-state index < -0.39 is 6.29 Å². The molecule has 0 spiro atoms. The molecule has 0 aromatic rings. The molecule has 0 amide bonds. The van der Waals surface area contributed by atoms with E-state index in [1.165, 1.54) is 0 Å². The van der Waals surface area contributed by atoms with Crippen LogP contribution >= 0.6 is 0 Å². The summed E-state index contributed by atoms with van der Waals surface area (Å²) in [4.78, 5) is 0. The van der Waals surface area contributed by atoms with E-state index in [0.29, 0.717) is 12.3 Å². The maximum Gasteiger partial charge on any atom is 0.151 e. The minimum Gasteiger partial charge on any atom is -0.379 e. The summed E-state index contributed by atoms with van der Waals surface area (Å²) in [5.41, 5.74) is -0.0580. The van der Waals surface area contributed by atoms with Crippen molar-refractivity contribution < 1.29 is 103 Å². The molecule has 0 saturated heterocycles. The molecule has 0 aromatic heterocycles. The molecule has 0 aliphatic rings. The molecule has 16 heavy (non-hydrogen) atoms. The van der Waals surface area contributed by atoms with Gasteiger partial charge < -0.3 is 14.9 Å². The molecule has 2 N–H and O–H groups in total. The molecule has 2 radical (unpaired) electrons. The first-order chi connectivity index (χ1) is 6.37. The van der Waals surface area contributed by atoms with Gasteiger partial charge in [0.15, 0.2) is 6.29 Å². The van der Waals surface area contributed by atoms with Gasteiger partial charge in [-0.3, -0.25) is 0 Å². The van der Waals surface area contributed by atoms with Crippen LogP contribution in [0.2, 0.25) is 0 Å². The van der Waals surface area contributed by atoms with Gasteiger partial charge in [-0.05, 0) is 26.2 Å². The molecule has 0 saturated carbocycles. The predicted molar refractivity (Wildman–Crippen MR) is 56.9 cm³/mol. The van der Waals surface area contributed by atoms with Crippen LogP contribution in [0.25, 0.3) is 0 Å². The van der Waals surface area contributed by atoms with E-state index in [0.717, 1.165) is 19.3 Å². The molecule has 0 unspecified atom stereocenters. The summed E-state index contributed by atoms with van der Waals surface area (Å²) in [6.45, 7) is 6.18. The first-order valence-electron chi connectivity index (χ1n) is 5.28. The minimum absolute atomic E-state index is 0. The molecule has 0 aromatic carbocycles. The smallest absolute Gasteiger partial charge is 0.151 e. The van der Waals surface area contributed by atoms with Gasteiger partial charge in [0.05, 0.1) is 5.60 Å². The molecule has 0 rings (SSSR count). The zero-order valence-electron chi connectivity index (χ0n) is 10.9. The van der Waals surface area contributed by atoms with E-state index >= 15 is 0 Å². The van der Waals surface area contributed by atoms with Gasteiger partial charge in [-0.2, -0.15) is 0 Å². The van der Waals surface area contributed by atoms with Gasteiger partial charge in [0, 0.05) is 102 Å². The summed E-state index contributed by atoms with van der Waals surface area (Å²) in [6.07, 6.45) is 2.39. The second kappa shape index (κ2) is 12.8. The van der Waals surface area contributed by atoms with Crippen LogP contribution in [0.15, 0.2) is 0 Å². The fraction of sp³-hybridized carbons (Fsp3) is 1.00. The Morgan fingerprint density at radius 1 is 1.19 bits per heavy atom. The Bertz CT molecular complexity index is 152.